The molecule has 2 nitrogen and oxygen atoms in total. The number of halogens is 2. The maximum Gasteiger partial charge on any atom is 0.152 e. The number of para-hydroxylation sites is 1. The van der Waals surface area contributed by atoms with E-state index in [9.17, 15) is 9.50 Å². The molecule has 1 heterocycles. The van der Waals surface area contributed by atoms with E-state index in [1.54, 1.807) is 12.1 Å². The summed E-state index contributed by atoms with van der Waals surface area (Å²) in [4.78, 5) is 0. The minimum atomic E-state index is -0.500. The van der Waals surface area contributed by atoms with E-state index in [-0.39, 0.29) is 10.2 Å². The predicted octanol–water partition coefficient (Wildman–Crippen LogP) is 4.19. The molecule has 0 amide bonds. The highest BCUT2D eigenvalue weighted by atomic mass is 79.9. The van der Waals surface area contributed by atoms with Gasteiger partial charge in [-0.15, -0.1) is 0 Å². The van der Waals surface area contributed by atoms with E-state index in [2.05, 4.69) is 15.9 Å². The maximum absolute atomic E-state index is 14.0. The van der Waals surface area contributed by atoms with E-state index in [0.717, 1.165) is 0 Å². The molecule has 80 valence electrons. The third kappa shape index (κ3) is 1.16. The van der Waals surface area contributed by atoms with E-state index in [0.29, 0.717) is 21.9 Å². The van der Waals surface area contributed by atoms with Gasteiger partial charge < -0.3 is 9.52 Å². The topological polar surface area (TPSA) is 33.4 Å². The zero-order valence-corrected chi connectivity index (χ0v) is 9.58. The van der Waals surface area contributed by atoms with E-state index in [1.165, 1.54) is 6.07 Å². The van der Waals surface area contributed by atoms with Crippen molar-refractivity contribution in [2.45, 2.75) is 0 Å². The van der Waals surface area contributed by atoms with Crippen LogP contribution in [0.2, 0.25) is 0 Å². The fourth-order valence-corrected chi connectivity index (χ4v) is 2.11. The Morgan fingerprint density at radius 3 is 2.75 bits per heavy atom. The van der Waals surface area contributed by atoms with Crippen molar-refractivity contribution >= 4 is 37.9 Å². The Hall–Kier alpha value is -1.55. The molecule has 0 saturated heterocycles. The minimum Gasteiger partial charge on any atom is -0.507 e. The highest BCUT2D eigenvalue weighted by Gasteiger charge is 2.16. The fourth-order valence-electron chi connectivity index (χ4n) is 1.80. The lowest BCUT2D eigenvalue weighted by molar-refractivity contribution is 0.464. The van der Waals surface area contributed by atoms with Gasteiger partial charge in [0.2, 0.25) is 0 Å². The van der Waals surface area contributed by atoms with Gasteiger partial charge in [-0.2, -0.15) is 0 Å². The number of aromatic hydroxyl groups is 1. The van der Waals surface area contributed by atoms with E-state index in [1.807, 2.05) is 12.1 Å². The van der Waals surface area contributed by atoms with Crippen LogP contribution in [0.25, 0.3) is 21.9 Å². The standard InChI is InChI=1S/C12H6BrFO2/c13-11-7(15)5-9-10(12(11)14)6-3-1-2-4-8(6)16-9/h1-5,15H. The number of phenols is 1. The van der Waals surface area contributed by atoms with E-state index >= 15 is 0 Å². The molecule has 0 aliphatic carbocycles. The molecule has 0 unspecified atom stereocenters. The molecule has 0 spiro atoms. The molecule has 3 rings (SSSR count). The number of fused-ring (bicyclic) bond motifs is 3. The first-order valence-corrected chi connectivity index (χ1v) is 5.46. The minimum absolute atomic E-state index is 0.0616. The van der Waals surface area contributed by atoms with Crippen LogP contribution in [0, 0.1) is 5.82 Å². The van der Waals surface area contributed by atoms with Crippen LogP contribution in [0.15, 0.2) is 39.2 Å². The monoisotopic (exact) mass is 280 g/mol. The summed E-state index contributed by atoms with van der Waals surface area (Å²) in [6, 6.07) is 8.59. The van der Waals surface area contributed by atoms with Gasteiger partial charge in [0, 0.05) is 11.5 Å². The average molecular weight is 281 g/mol. The molecular formula is C12H6BrFO2. The molecule has 0 aliphatic heterocycles. The molecule has 0 atom stereocenters. The van der Waals surface area contributed by atoms with Crippen molar-refractivity contribution in [3.63, 3.8) is 0 Å². The number of furan rings is 1. The lowest BCUT2D eigenvalue weighted by atomic mass is 10.1. The van der Waals surface area contributed by atoms with Crippen molar-refractivity contribution in [1.29, 1.82) is 0 Å². The zero-order chi connectivity index (χ0) is 11.3. The molecule has 0 bridgehead atoms. The fraction of sp³-hybridized carbons (Fsp3) is 0. The number of benzene rings is 2. The van der Waals surface area contributed by atoms with Gasteiger partial charge in [0.1, 0.15) is 16.9 Å². The average Bonchev–Trinajstić information content (AvgIpc) is 2.64. The largest absolute Gasteiger partial charge is 0.507 e. The molecule has 0 aliphatic rings. The first kappa shape index (κ1) is 9.66. The smallest absolute Gasteiger partial charge is 0.152 e. The lowest BCUT2D eigenvalue weighted by Crippen LogP contribution is -1.80. The van der Waals surface area contributed by atoms with Gasteiger partial charge in [-0.05, 0) is 22.0 Å². The van der Waals surface area contributed by atoms with Crippen molar-refractivity contribution in [2.24, 2.45) is 0 Å². The Kier molecular flexibility index (Phi) is 1.94. The van der Waals surface area contributed by atoms with Crippen LogP contribution in [0.3, 0.4) is 0 Å². The van der Waals surface area contributed by atoms with E-state index in [4.69, 9.17) is 4.42 Å². The summed E-state index contributed by atoms with van der Waals surface area (Å²) in [6.45, 7) is 0. The summed E-state index contributed by atoms with van der Waals surface area (Å²) >= 11 is 3.00. The quantitative estimate of drug-likeness (QED) is 0.670. The van der Waals surface area contributed by atoms with Crippen LogP contribution in [-0.4, -0.2) is 5.11 Å². The molecule has 3 aromatic rings. The van der Waals surface area contributed by atoms with Gasteiger partial charge in [-0.25, -0.2) is 4.39 Å². The molecule has 0 saturated carbocycles. The second-order valence-corrected chi connectivity index (χ2v) is 4.29. The van der Waals surface area contributed by atoms with Gasteiger partial charge >= 0.3 is 0 Å². The summed E-state index contributed by atoms with van der Waals surface area (Å²) in [6.07, 6.45) is 0. The summed E-state index contributed by atoms with van der Waals surface area (Å²) in [5, 5.41) is 10.6. The normalized spacial score (nSPS) is 11.4. The van der Waals surface area contributed by atoms with Gasteiger partial charge in [0.25, 0.3) is 0 Å². The summed E-state index contributed by atoms with van der Waals surface area (Å²) < 4.78 is 19.5. The Morgan fingerprint density at radius 2 is 1.94 bits per heavy atom. The second kappa shape index (κ2) is 3.22. The summed E-state index contributed by atoms with van der Waals surface area (Å²) in [7, 11) is 0. The van der Waals surface area contributed by atoms with Crippen LogP contribution < -0.4 is 0 Å². The maximum atomic E-state index is 14.0. The molecule has 0 fully saturated rings. The first-order chi connectivity index (χ1) is 7.68. The highest BCUT2D eigenvalue weighted by molar-refractivity contribution is 9.10. The van der Waals surface area contributed by atoms with Gasteiger partial charge in [-0.3, -0.25) is 0 Å². The third-order valence-corrected chi connectivity index (χ3v) is 3.28. The summed E-state index contributed by atoms with van der Waals surface area (Å²) in [5.74, 6) is -0.663. The molecule has 0 radical (unpaired) electrons. The highest BCUT2D eigenvalue weighted by Crippen LogP contribution is 2.38. The van der Waals surface area contributed by atoms with Gasteiger partial charge in [-0.1, -0.05) is 18.2 Å². The van der Waals surface area contributed by atoms with Crippen LogP contribution in [0.1, 0.15) is 0 Å². The van der Waals surface area contributed by atoms with Crippen LogP contribution in [-0.2, 0) is 0 Å². The Morgan fingerprint density at radius 1 is 1.19 bits per heavy atom. The number of rotatable bonds is 0. The van der Waals surface area contributed by atoms with Crippen molar-refractivity contribution in [2.75, 3.05) is 0 Å². The molecule has 4 heteroatoms. The Bertz CT molecular complexity index is 703. The first-order valence-electron chi connectivity index (χ1n) is 4.66. The van der Waals surface area contributed by atoms with E-state index < -0.39 is 5.82 Å². The molecule has 16 heavy (non-hydrogen) atoms. The Balaban J connectivity index is 2.62. The number of hydrogen-bond acceptors (Lipinski definition) is 2. The molecular weight excluding hydrogens is 275 g/mol. The van der Waals surface area contributed by atoms with Crippen molar-refractivity contribution < 1.29 is 13.9 Å². The van der Waals surface area contributed by atoms with Crippen LogP contribution >= 0.6 is 15.9 Å². The van der Waals surface area contributed by atoms with Gasteiger partial charge in [0.05, 0.1) is 9.86 Å². The lowest BCUT2D eigenvalue weighted by Gasteiger charge is -1.99. The zero-order valence-electron chi connectivity index (χ0n) is 8.00. The van der Waals surface area contributed by atoms with Gasteiger partial charge in [0.15, 0.2) is 5.82 Å². The van der Waals surface area contributed by atoms with Crippen molar-refractivity contribution in [1.82, 2.24) is 0 Å². The molecule has 1 aromatic heterocycles. The van der Waals surface area contributed by atoms with Crippen molar-refractivity contribution in [3.8, 4) is 5.75 Å². The molecule has 1 N–H and O–H groups in total. The summed E-state index contributed by atoms with van der Waals surface area (Å²) in [5.41, 5.74) is 0.952. The predicted molar refractivity (Wildman–Crippen MR) is 63.0 cm³/mol. The Labute approximate surface area is 98.4 Å². The third-order valence-electron chi connectivity index (χ3n) is 2.53. The van der Waals surface area contributed by atoms with Crippen molar-refractivity contribution in [3.05, 3.63) is 40.6 Å². The second-order valence-electron chi connectivity index (χ2n) is 3.50. The van der Waals surface area contributed by atoms with Crippen LogP contribution in [0.5, 0.6) is 5.75 Å². The number of phenolic OH excluding ortho intramolecular Hbond substituents is 1. The SMILES string of the molecule is Oc1cc2oc3ccccc3c2c(F)c1Br. The number of hydrogen-bond donors (Lipinski definition) is 1. The molecule has 2 aromatic carbocycles. The van der Waals surface area contributed by atoms with Crippen LogP contribution in [0.4, 0.5) is 4.39 Å².